The Kier molecular flexibility index (Phi) is 2.80. The smallest absolute Gasteiger partial charge is 0.234 e. The quantitative estimate of drug-likeness (QED) is 0.608. The second kappa shape index (κ2) is 3.92. The number of alkyl halides is 1. The molecule has 1 amide bonds. The number of nitrogens with one attached hydrogen (secondary N) is 1. The number of hydrogen-bond acceptors (Lipinski definition) is 3. The molecule has 0 radical (unpaired) electrons. The Morgan fingerprint density at radius 3 is 3.07 bits per heavy atom. The van der Waals surface area contributed by atoms with Crippen LogP contribution in [-0.2, 0) is 4.79 Å². The molecule has 1 unspecified atom stereocenters. The van der Waals surface area contributed by atoms with Gasteiger partial charge >= 0.3 is 0 Å². The molecule has 1 heterocycles. The van der Waals surface area contributed by atoms with Gasteiger partial charge < -0.3 is 11.1 Å². The topological polar surface area (TPSA) is 55.1 Å². The molecule has 0 aliphatic carbocycles. The van der Waals surface area contributed by atoms with Gasteiger partial charge in [-0.2, -0.15) is 0 Å². The molecule has 1 aliphatic heterocycles. The number of thioether (sulfide) groups is 1. The molecule has 14 heavy (non-hydrogen) atoms. The van der Waals surface area contributed by atoms with E-state index in [1.54, 1.807) is 11.8 Å². The molecule has 5 heteroatoms. The summed E-state index contributed by atoms with van der Waals surface area (Å²) in [5, 5.41) is 2.82. The van der Waals surface area contributed by atoms with Crippen LogP contribution in [0.2, 0.25) is 0 Å². The van der Waals surface area contributed by atoms with Gasteiger partial charge in [-0.15, -0.1) is 11.8 Å². The van der Waals surface area contributed by atoms with Crippen LogP contribution >= 0.6 is 27.7 Å². The van der Waals surface area contributed by atoms with Crippen LogP contribution in [0.3, 0.4) is 0 Å². The van der Waals surface area contributed by atoms with Gasteiger partial charge in [0.15, 0.2) is 0 Å². The first-order valence-corrected chi connectivity index (χ1v) is 6.03. The van der Waals surface area contributed by atoms with E-state index in [-0.39, 0.29) is 10.9 Å². The van der Waals surface area contributed by atoms with Gasteiger partial charge in [-0.3, -0.25) is 4.79 Å². The van der Waals surface area contributed by atoms with Crippen molar-refractivity contribution in [2.45, 2.75) is 9.85 Å². The van der Waals surface area contributed by atoms with E-state index >= 15 is 0 Å². The van der Waals surface area contributed by atoms with Crippen molar-refractivity contribution in [1.82, 2.24) is 0 Å². The van der Waals surface area contributed by atoms with E-state index in [1.165, 1.54) is 0 Å². The number of halogens is 1. The first-order valence-electron chi connectivity index (χ1n) is 4.13. The summed E-state index contributed by atoms with van der Waals surface area (Å²) < 4.78 is 0. The predicted octanol–water partition coefficient (Wildman–Crippen LogP) is 2.08. The largest absolute Gasteiger partial charge is 0.324 e. The number of carbonyl (C=O) groups excluding carboxylic acids is 1. The highest BCUT2D eigenvalue weighted by molar-refractivity contribution is 9.09. The summed E-state index contributed by atoms with van der Waals surface area (Å²) in [4.78, 5) is 12.0. The zero-order valence-corrected chi connectivity index (χ0v) is 9.69. The Labute approximate surface area is 94.6 Å². The number of nitrogens with two attached hydrogens (primary N) is 1. The third-order valence-corrected chi connectivity index (χ3v) is 3.56. The zero-order chi connectivity index (χ0) is 10.1. The fourth-order valence-electron chi connectivity index (χ4n) is 1.27. The van der Waals surface area contributed by atoms with Gasteiger partial charge in [0.05, 0.1) is 16.4 Å². The lowest BCUT2D eigenvalue weighted by molar-refractivity contribution is -0.113. The van der Waals surface area contributed by atoms with Crippen molar-refractivity contribution < 1.29 is 4.79 Å². The average Bonchev–Trinajstić information content (AvgIpc) is 2.16. The molecule has 3 nitrogen and oxygen atoms in total. The SMILES string of the molecule is NC(Br)c1ccc2c(c1)NC(=O)CS2. The molecule has 2 rings (SSSR count). The van der Waals surface area contributed by atoms with Gasteiger partial charge in [-0.1, -0.05) is 22.0 Å². The Balaban J connectivity index is 2.37. The summed E-state index contributed by atoms with van der Waals surface area (Å²) >= 11 is 4.83. The lowest BCUT2D eigenvalue weighted by atomic mass is 10.2. The van der Waals surface area contributed by atoms with Gasteiger partial charge in [-0.05, 0) is 17.7 Å². The van der Waals surface area contributed by atoms with Gasteiger partial charge in [0, 0.05) is 4.90 Å². The maximum Gasteiger partial charge on any atom is 0.234 e. The van der Waals surface area contributed by atoms with Crippen LogP contribution < -0.4 is 11.1 Å². The number of amides is 1. The molecule has 1 aromatic rings. The van der Waals surface area contributed by atoms with Crippen molar-refractivity contribution in [2.75, 3.05) is 11.1 Å². The molecule has 74 valence electrons. The number of carbonyl (C=O) groups is 1. The van der Waals surface area contributed by atoms with E-state index < -0.39 is 0 Å². The van der Waals surface area contributed by atoms with E-state index in [4.69, 9.17) is 5.73 Å². The molecule has 0 aromatic heterocycles. The van der Waals surface area contributed by atoms with Crippen LogP contribution in [0.5, 0.6) is 0 Å². The van der Waals surface area contributed by atoms with E-state index in [1.807, 2.05) is 18.2 Å². The monoisotopic (exact) mass is 272 g/mol. The predicted molar refractivity (Wildman–Crippen MR) is 61.7 cm³/mol. The van der Waals surface area contributed by atoms with Gasteiger partial charge in [0.1, 0.15) is 0 Å². The molecule has 0 saturated heterocycles. The van der Waals surface area contributed by atoms with Crippen LogP contribution in [-0.4, -0.2) is 11.7 Å². The van der Waals surface area contributed by atoms with Crippen LogP contribution in [0.4, 0.5) is 5.69 Å². The third-order valence-electron chi connectivity index (χ3n) is 1.95. The molecule has 0 fully saturated rings. The van der Waals surface area contributed by atoms with Crippen molar-refractivity contribution in [1.29, 1.82) is 0 Å². The summed E-state index contributed by atoms with van der Waals surface area (Å²) in [5.41, 5.74) is 7.50. The number of fused-ring (bicyclic) bond motifs is 1. The average molecular weight is 273 g/mol. The highest BCUT2D eigenvalue weighted by atomic mass is 79.9. The van der Waals surface area contributed by atoms with Crippen molar-refractivity contribution in [3.05, 3.63) is 23.8 Å². The highest BCUT2D eigenvalue weighted by Crippen LogP contribution is 2.33. The van der Waals surface area contributed by atoms with Gasteiger partial charge in [-0.25, -0.2) is 0 Å². The molecule has 0 bridgehead atoms. The highest BCUT2D eigenvalue weighted by Gasteiger charge is 2.16. The Bertz CT molecular complexity index is 381. The number of hydrogen-bond donors (Lipinski definition) is 2. The number of benzene rings is 1. The zero-order valence-electron chi connectivity index (χ0n) is 7.29. The maximum atomic E-state index is 11.1. The summed E-state index contributed by atoms with van der Waals surface area (Å²) in [5.74, 6) is 0.537. The van der Waals surface area contributed by atoms with Gasteiger partial charge in [0.25, 0.3) is 0 Å². The standard InChI is InChI=1S/C9H9BrN2OS/c10-9(11)5-1-2-7-6(3-5)12-8(13)4-14-7/h1-3,9H,4,11H2,(H,12,13). The first kappa shape index (κ1) is 10.0. The maximum absolute atomic E-state index is 11.1. The fraction of sp³-hybridized carbons (Fsp3) is 0.222. The van der Waals surface area contributed by atoms with Crippen LogP contribution in [0.15, 0.2) is 23.1 Å². The molecule has 1 aromatic carbocycles. The molecular weight excluding hydrogens is 264 g/mol. The number of rotatable bonds is 1. The second-order valence-corrected chi connectivity index (χ2v) is 5.00. The lowest BCUT2D eigenvalue weighted by Crippen LogP contribution is -2.19. The van der Waals surface area contributed by atoms with Crippen molar-refractivity contribution in [2.24, 2.45) is 5.73 Å². The van der Waals surface area contributed by atoms with E-state index in [9.17, 15) is 4.79 Å². The summed E-state index contributed by atoms with van der Waals surface area (Å²) in [7, 11) is 0. The van der Waals surface area contributed by atoms with Crippen molar-refractivity contribution in [3.63, 3.8) is 0 Å². The minimum Gasteiger partial charge on any atom is -0.324 e. The van der Waals surface area contributed by atoms with Crippen molar-refractivity contribution in [3.8, 4) is 0 Å². The first-order chi connectivity index (χ1) is 6.66. The Hall–Kier alpha value is -0.520. The Morgan fingerprint density at radius 2 is 2.36 bits per heavy atom. The lowest BCUT2D eigenvalue weighted by Gasteiger charge is -2.17. The normalized spacial score (nSPS) is 17.1. The third kappa shape index (κ3) is 1.94. The molecule has 1 atom stereocenters. The minimum atomic E-state index is -0.184. The molecule has 0 saturated carbocycles. The van der Waals surface area contributed by atoms with E-state index in [0.717, 1.165) is 16.1 Å². The fourth-order valence-corrected chi connectivity index (χ4v) is 2.35. The summed E-state index contributed by atoms with van der Waals surface area (Å²) in [6, 6.07) is 5.84. The molecule has 3 N–H and O–H groups in total. The molecule has 0 spiro atoms. The summed E-state index contributed by atoms with van der Waals surface area (Å²) in [6.45, 7) is 0. The molecule has 1 aliphatic rings. The summed E-state index contributed by atoms with van der Waals surface area (Å²) in [6.07, 6.45) is 0. The van der Waals surface area contributed by atoms with Crippen molar-refractivity contribution >= 4 is 39.3 Å². The number of anilines is 1. The van der Waals surface area contributed by atoms with Gasteiger partial charge in [0.2, 0.25) is 5.91 Å². The van der Waals surface area contributed by atoms with Crippen LogP contribution in [0.1, 0.15) is 10.5 Å². The Morgan fingerprint density at radius 1 is 1.57 bits per heavy atom. The second-order valence-electron chi connectivity index (χ2n) is 2.99. The minimum absolute atomic E-state index is 0.0443. The van der Waals surface area contributed by atoms with Crippen LogP contribution in [0.25, 0.3) is 0 Å². The van der Waals surface area contributed by atoms with Crippen LogP contribution in [0, 0.1) is 0 Å². The van der Waals surface area contributed by atoms with E-state index in [2.05, 4.69) is 21.2 Å². The van der Waals surface area contributed by atoms with E-state index in [0.29, 0.717) is 5.75 Å². The molecular formula is C9H9BrN2OS.